The third-order valence-corrected chi connectivity index (χ3v) is 9.16. The molecule has 1 aliphatic heterocycles. The number of ether oxygens (including phenoxy) is 1. The molecule has 15 heteroatoms. The first kappa shape index (κ1) is 47.8. The quantitative estimate of drug-likeness (QED) is 0.0409. The van der Waals surface area contributed by atoms with E-state index in [4.69, 9.17) is 4.74 Å². The molecule has 4 amide bonds. The van der Waals surface area contributed by atoms with Gasteiger partial charge in [-0.05, 0) is 62.7 Å². The number of amides is 4. The van der Waals surface area contributed by atoms with Crippen molar-refractivity contribution in [3.8, 4) is 0 Å². The fourth-order valence-corrected chi connectivity index (χ4v) is 6.09. The van der Waals surface area contributed by atoms with E-state index < -0.39 is 89.0 Å². The maximum absolute atomic E-state index is 14.4. The van der Waals surface area contributed by atoms with Crippen molar-refractivity contribution in [2.45, 2.75) is 163 Å². The maximum atomic E-state index is 14.4. The van der Waals surface area contributed by atoms with Gasteiger partial charge in [-0.2, -0.15) is 13.2 Å². The monoisotopic (exact) mass is 761 g/mol. The second kappa shape index (κ2) is 19.9. The smallest absolute Gasteiger partial charge is 0.389 e. The molecule has 53 heavy (non-hydrogen) atoms. The SMILES string of the molecule is C=CCNC(=O)C(=O)C(CCCCCCC(F)(F)F)NC(O)[C@@H]1C[C@@H](C(C)C)CN1C(=O)[C@@H](NC(=O)N[C@H](C(=O)OC(C)(C)C)C(C)(C)C)C(C)(C)C. The molecule has 1 aliphatic rings. The zero-order valence-electron chi connectivity index (χ0n) is 33.7. The molecule has 5 N–H and O–H groups in total. The van der Waals surface area contributed by atoms with Gasteiger partial charge < -0.3 is 30.7 Å². The molecule has 1 saturated heterocycles. The van der Waals surface area contributed by atoms with E-state index in [1.165, 1.54) is 11.0 Å². The Kier molecular flexibility index (Phi) is 18.0. The highest BCUT2D eigenvalue weighted by Crippen LogP contribution is 2.33. The highest BCUT2D eigenvalue weighted by atomic mass is 19.4. The number of nitrogens with zero attached hydrogens (tertiary/aromatic N) is 1. The number of likely N-dealkylation sites (tertiary alicyclic amines) is 1. The lowest BCUT2D eigenvalue weighted by Gasteiger charge is -2.38. The number of Topliss-reactive ketones (excluding diaryl/α,β-unsaturated/α-hetero) is 1. The molecule has 12 nitrogen and oxygen atoms in total. The van der Waals surface area contributed by atoms with E-state index in [-0.39, 0.29) is 44.2 Å². The third-order valence-electron chi connectivity index (χ3n) is 9.16. The van der Waals surface area contributed by atoms with E-state index >= 15 is 0 Å². The lowest BCUT2D eigenvalue weighted by molar-refractivity contribution is -0.160. The molecule has 6 atom stereocenters. The first-order valence-electron chi connectivity index (χ1n) is 18.6. The number of hydrogen-bond donors (Lipinski definition) is 5. The molecule has 0 saturated carbocycles. The molecule has 1 fully saturated rings. The van der Waals surface area contributed by atoms with Crippen LogP contribution in [0, 0.1) is 22.7 Å². The highest BCUT2D eigenvalue weighted by Gasteiger charge is 2.46. The number of esters is 1. The van der Waals surface area contributed by atoms with Gasteiger partial charge in [0.2, 0.25) is 11.7 Å². The van der Waals surface area contributed by atoms with Crippen LogP contribution in [0.3, 0.4) is 0 Å². The van der Waals surface area contributed by atoms with Crippen molar-refractivity contribution in [3.05, 3.63) is 12.7 Å². The Balaban J connectivity index is 3.33. The van der Waals surface area contributed by atoms with Gasteiger partial charge in [0.25, 0.3) is 5.91 Å². The van der Waals surface area contributed by atoms with Crippen molar-refractivity contribution in [2.75, 3.05) is 13.1 Å². The normalized spacial score (nSPS) is 19.2. The van der Waals surface area contributed by atoms with Gasteiger partial charge in [0.1, 0.15) is 23.9 Å². The van der Waals surface area contributed by atoms with Crippen molar-refractivity contribution in [1.82, 2.24) is 26.2 Å². The first-order valence-corrected chi connectivity index (χ1v) is 18.6. The fourth-order valence-electron chi connectivity index (χ4n) is 6.09. The van der Waals surface area contributed by atoms with Gasteiger partial charge in [-0.15, -0.1) is 6.58 Å². The summed E-state index contributed by atoms with van der Waals surface area (Å²) in [7, 11) is 0. The number of urea groups is 1. The summed E-state index contributed by atoms with van der Waals surface area (Å²) in [4.78, 5) is 68.4. The number of alkyl halides is 3. The first-order chi connectivity index (χ1) is 24.1. The van der Waals surface area contributed by atoms with Gasteiger partial charge in [-0.25, -0.2) is 9.59 Å². The van der Waals surface area contributed by atoms with Crippen LogP contribution in [0.15, 0.2) is 12.7 Å². The Morgan fingerprint density at radius 2 is 1.43 bits per heavy atom. The van der Waals surface area contributed by atoms with Crippen LogP contribution in [0.2, 0.25) is 0 Å². The molecule has 0 aromatic heterocycles. The van der Waals surface area contributed by atoms with E-state index in [0.717, 1.165) is 0 Å². The van der Waals surface area contributed by atoms with Crippen molar-refractivity contribution in [2.24, 2.45) is 22.7 Å². The van der Waals surface area contributed by atoms with Crippen molar-refractivity contribution in [3.63, 3.8) is 0 Å². The summed E-state index contributed by atoms with van der Waals surface area (Å²) in [5.74, 6) is -2.83. The van der Waals surface area contributed by atoms with Crippen LogP contribution in [-0.4, -0.2) is 94.9 Å². The van der Waals surface area contributed by atoms with Gasteiger partial charge in [-0.1, -0.05) is 80.7 Å². The summed E-state index contributed by atoms with van der Waals surface area (Å²) in [6.07, 6.45) is -3.92. The van der Waals surface area contributed by atoms with Gasteiger partial charge >= 0.3 is 18.2 Å². The second-order valence-electron chi connectivity index (χ2n) is 17.6. The second-order valence-corrected chi connectivity index (χ2v) is 17.6. The Bertz CT molecular complexity index is 1250. The van der Waals surface area contributed by atoms with Gasteiger partial charge in [-0.3, -0.25) is 19.7 Å². The fraction of sp³-hybridized carbons (Fsp3) is 0.816. The minimum atomic E-state index is -4.26. The molecule has 0 aromatic carbocycles. The zero-order valence-corrected chi connectivity index (χ0v) is 33.7. The van der Waals surface area contributed by atoms with Crippen LogP contribution in [-0.2, 0) is 23.9 Å². The molecule has 306 valence electrons. The molecule has 0 aromatic rings. The Morgan fingerprint density at radius 1 is 0.887 bits per heavy atom. The van der Waals surface area contributed by atoms with Crippen LogP contribution in [0.1, 0.15) is 121 Å². The summed E-state index contributed by atoms with van der Waals surface area (Å²) < 4.78 is 43.3. The number of aliphatic hydroxyl groups is 1. The molecular formula is C38H66F3N5O7. The maximum Gasteiger partial charge on any atom is 0.389 e. The van der Waals surface area contributed by atoms with E-state index in [0.29, 0.717) is 19.3 Å². The Labute approximate surface area is 314 Å². The predicted octanol–water partition coefficient (Wildman–Crippen LogP) is 5.38. The summed E-state index contributed by atoms with van der Waals surface area (Å²) >= 11 is 0. The topological polar surface area (TPSA) is 166 Å². The lowest BCUT2D eigenvalue weighted by atomic mass is 9.85. The van der Waals surface area contributed by atoms with E-state index in [1.807, 2.05) is 13.8 Å². The molecule has 1 rings (SSSR count). The standard InChI is InChI=1S/C38H66F3N5O7/c1-13-20-42-31(49)27(47)25(18-16-14-15-17-19-38(39,40)41)43-30(48)26-21-24(23(2)3)22-46(26)32(50)28(35(4,5)6)44-34(52)45-29(36(7,8)9)33(51)53-37(10,11)12/h13,23-26,28-30,43,48H,1,14-22H2,2-12H3,(H,42,49)(H2,44,45,52)/t24-,25?,26+,28-,29-,30?/m1/s1. The van der Waals surface area contributed by atoms with Gasteiger partial charge in [0.15, 0.2) is 0 Å². The highest BCUT2D eigenvalue weighted by molar-refractivity contribution is 6.38. The zero-order chi connectivity index (χ0) is 41.1. The summed E-state index contributed by atoms with van der Waals surface area (Å²) in [6, 6.07) is -4.95. The number of rotatable bonds is 18. The predicted molar refractivity (Wildman–Crippen MR) is 197 cm³/mol. The van der Waals surface area contributed by atoms with Crippen LogP contribution in [0.25, 0.3) is 0 Å². The molecule has 1 heterocycles. The molecule has 0 aliphatic carbocycles. The number of ketones is 1. The number of carbonyl (C=O) groups excluding carboxylic acids is 5. The molecule has 0 spiro atoms. The van der Waals surface area contributed by atoms with Crippen molar-refractivity contribution >= 4 is 29.6 Å². The Morgan fingerprint density at radius 3 is 1.92 bits per heavy atom. The molecule has 0 bridgehead atoms. The van der Waals surface area contributed by atoms with Crippen LogP contribution in [0.5, 0.6) is 0 Å². The average molecular weight is 762 g/mol. The minimum absolute atomic E-state index is 0.0291. The van der Waals surface area contributed by atoms with E-state index in [1.54, 1.807) is 62.3 Å². The summed E-state index contributed by atoms with van der Waals surface area (Å²) in [5.41, 5.74) is -2.37. The molecular weight excluding hydrogens is 695 g/mol. The third kappa shape index (κ3) is 16.8. The van der Waals surface area contributed by atoms with Gasteiger partial charge in [0, 0.05) is 19.5 Å². The number of unbranched alkanes of at least 4 members (excludes halogenated alkanes) is 3. The van der Waals surface area contributed by atoms with Crippen LogP contribution >= 0.6 is 0 Å². The molecule has 2 unspecified atom stereocenters. The number of carbonyl (C=O) groups is 5. The number of nitrogens with one attached hydrogen (secondary N) is 4. The average Bonchev–Trinajstić information content (AvgIpc) is 3.45. The summed E-state index contributed by atoms with van der Waals surface area (Å²) in [5, 5.41) is 22.4. The van der Waals surface area contributed by atoms with Crippen LogP contribution in [0.4, 0.5) is 18.0 Å². The van der Waals surface area contributed by atoms with Crippen molar-refractivity contribution < 1.29 is 47.0 Å². The largest absolute Gasteiger partial charge is 0.458 e. The number of halogens is 3. The van der Waals surface area contributed by atoms with E-state index in [2.05, 4.69) is 27.8 Å². The van der Waals surface area contributed by atoms with Crippen LogP contribution < -0.4 is 21.3 Å². The minimum Gasteiger partial charge on any atom is -0.458 e. The number of aliphatic hydroxyl groups excluding tert-OH is 1. The Hall–Kier alpha value is -3.20. The lowest BCUT2D eigenvalue weighted by Crippen LogP contribution is -2.62. The number of hydrogen-bond acceptors (Lipinski definition) is 8. The van der Waals surface area contributed by atoms with Gasteiger partial charge in [0.05, 0.1) is 12.1 Å². The summed E-state index contributed by atoms with van der Waals surface area (Å²) in [6.45, 7) is 23.6. The van der Waals surface area contributed by atoms with E-state index in [9.17, 15) is 42.3 Å². The van der Waals surface area contributed by atoms with Crippen molar-refractivity contribution in [1.29, 1.82) is 0 Å². The molecule has 0 radical (unpaired) electrons.